The molecule has 2 aromatic rings. The van der Waals surface area contributed by atoms with Crippen molar-refractivity contribution in [3.05, 3.63) is 63.8 Å². The van der Waals surface area contributed by atoms with Crippen molar-refractivity contribution in [1.82, 2.24) is 20.6 Å². The zero-order chi connectivity index (χ0) is 16.8. The van der Waals surface area contributed by atoms with Gasteiger partial charge in [0, 0.05) is 30.3 Å². The molecule has 8 heteroatoms. The van der Waals surface area contributed by atoms with E-state index in [0.29, 0.717) is 30.1 Å². The molecule has 0 saturated carbocycles. The number of nitrogens with one attached hydrogen (secondary N) is 3. The summed E-state index contributed by atoms with van der Waals surface area (Å²) in [7, 11) is 0. The van der Waals surface area contributed by atoms with Gasteiger partial charge in [0.15, 0.2) is 0 Å². The van der Waals surface area contributed by atoms with Crippen LogP contribution in [0.15, 0.2) is 41.5 Å². The second kappa shape index (κ2) is 11.0. The van der Waals surface area contributed by atoms with E-state index >= 15 is 0 Å². The molecule has 0 radical (unpaired) electrons. The Morgan fingerprint density at radius 2 is 2.12 bits per heavy atom. The zero-order valence-corrected chi connectivity index (χ0v) is 16.0. The summed E-state index contributed by atoms with van der Waals surface area (Å²) in [6.45, 7) is 2.59. The summed E-state index contributed by atoms with van der Waals surface area (Å²) < 4.78 is 0. The van der Waals surface area contributed by atoms with Crippen LogP contribution in [0.1, 0.15) is 28.0 Å². The van der Waals surface area contributed by atoms with Crippen LogP contribution < -0.4 is 16.2 Å². The highest BCUT2D eigenvalue weighted by molar-refractivity contribution is 5.94. The third-order valence-electron chi connectivity index (χ3n) is 4.28. The number of aromatic nitrogens is 2. The lowest BCUT2D eigenvalue weighted by Gasteiger charge is -2.10. The first-order chi connectivity index (χ1) is 11.7. The maximum Gasteiger partial charge on any atom is 0.251 e. The Balaban J connectivity index is 0.00000169. The topological polar surface area (TPSA) is 86.9 Å². The lowest BCUT2D eigenvalue weighted by Crippen LogP contribution is -2.26. The molecule has 3 rings (SSSR count). The number of benzene rings is 1. The first-order valence-corrected chi connectivity index (χ1v) is 8.32. The van der Waals surface area contributed by atoms with Crippen molar-refractivity contribution in [3.63, 3.8) is 0 Å². The van der Waals surface area contributed by atoms with Crippen LogP contribution in [0.2, 0.25) is 0 Å². The number of aromatic amines is 1. The molecule has 0 aliphatic carbocycles. The molecule has 6 nitrogen and oxygen atoms in total. The number of amides is 1. The molecule has 26 heavy (non-hydrogen) atoms. The highest BCUT2D eigenvalue weighted by Crippen LogP contribution is 2.16. The molecule has 0 spiro atoms. The lowest BCUT2D eigenvalue weighted by atomic mass is 9.97. The summed E-state index contributed by atoms with van der Waals surface area (Å²) in [5, 5.41) is 6.25. The minimum atomic E-state index is -0.180. The quantitative estimate of drug-likeness (QED) is 0.691. The van der Waals surface area contributed by atoms with E-state index in [9.17, 15) is 9.59 Å². The molecule has 1 amide bonds. The summed E-state index contributed by atoms with van der Waals surface area (Å²) in [6.07, 6.45) is 4.11. The molecule has 142 valence electrons. The molecule has 1 aromatic carbocycles. The van der Waals surface area contributed by atoms with Crippen molar-refractivity contribution in [3.8, 4) is 0 Å². The SMILES string of the molecule is Cl.Cl.O=C(NCCc1cc(=O)[nH]cn1)c1cccc(CC2CCNC2)c1. The summed E-state index contributed by atoms with van der Waals surface area (Å²) in [5.74, 6) is 0.566. The zero-order valence-electron chi connectivity index (χ0n) is 14.4. The summed E-state index contributed by atoms with van der Waals surface area (Å²) in [5.41, 5.74) is 2.37. The number of carbonyl (C=O) groups is 1. The Hall–Kier alpha value is -1.89. The van der Waals surface area contributed by atoms with Crippen LogP contribution in [-0.4, -0.2) is 35.5 Å². The van der Waals surface area contributed by atoms with Gasteiger partial charge in [-0.1, -0.05) is 12.1 Å². The predicted molar refractivity (Wildman–Crippen MR) is 107 cm³/mol. The Kier molecular flexibility index (Phi) is 9.34. The van der Waals surface area contributed by atoms with E-state index in [1.165, 1.54) is 24.4 Å². The molecule has 1 aliphatic rings. The third-order valence-corrected chi connectivity index (χ3v) is 4.28. The van der Waals surface area contributed by atoms with Crippen LogP contribution >= 0.6 is 24.8 Å². The average Bonchev–Trinajstić information content (AvgIpc) is 3.08. The third kappa shape index (κ3) is 6.44. The van der Waals surface area contributed by atoms with Gasteiger partial charge in [0.2, 0.25) is 0 Å². The van der Waals surface area contributed by atoms with Crippen LogP contribution in [0.5, 0.6) is 0 Å². The second-order valence-electron chi connectivity index (χ2n) is 6.17. The summed E-state index contributed by atoms with van der Waals surface area (Å²) >= 11 is 0. The van der Waals surface area contributed by atoms with Crippen molar-refractivity contribution in [2.75, 3.05) is 19.6 Å². The highest BCUT2D eigenvalue weighted by atomic mass is 35.5. The average molecular weight is 399 g/mol. The van der Waals surface area contributed by atoms with Crippen molar-refractivity contribution in [2.24, 2.45) is 5.92 Å². The minimum Gasteiger partial charge on any atom is -0.352 e. The number of carbonyl (C=O) groups excluding carboxylic acids is 1. The standard InChI is InChI=1S/C18H22N4O2.2ClH/c23-17-10-16(21-12-22-17)5-7-20-18(24)15-3-1-2-13(9-15)8-14-4-6-19-11-14;;/h1-3,9-10,12,14,19H,4-8,11H2,(H,20,24)(H,21,22,23);2*1H. The monoisotopic (exact) mass is 398 g/mol. The maximum atomic E-state index is 12.3. The fraction of sp³-hybridized carbons (Fsp3) is 0.389. The largest absolute Gasteiger partial charge is 0.352 e. The number of halogens is 2. The Morgan fingerprint density at radius 1 is 1.27 bits per heavy atom. The Morgan fingerprint density at radius 3 is 2.85 bits per heavy atom. The van der Waals surface area contributed by atoms with Crippen molar-refractivity contribution in [1.29, 1.82) is 0 Å². The predicted octanol–water partition coefficient (Wildman–Crippen LogP) is 1.74. The van der Waals surface area contributed by atoms with Gasteiger partial charge in [-0.25, -0.2) is 4.98 Å². The molecule has 2 heterocycles. The van der Waals surface area contributed by atoms with Gasteiger partial charge in [0.25, 0.3) is 11.5 Å². The van der Waals surface area contributed by atoms with E-state index in [4.69, 9.17) is 0 Å². The van der Waals surface area contributed by atoms with Crippen LogP contribution in [-0.2, 0) is 12.8 Å². The number of hydrogen-bond acceptors (Lipinski definition) is 4. The Labute approximate surface area is 165 Å². The van der Waals surface area contributed by atoms with Crippen LogP contribution in [0.3, 0.4) is 0 Å². The minimum absolute atomic E-state index is 0. The van der Waals surface area contributed by atoms with Gasteiger partial charge in [-0.2, -0.15) is 0 Å². The molecule has 1 fully saturated rings. The first kappa shape index (κ1) is 22.2. The van der Waals surface area contributed by atoms with E-state index in [0.717, 1.165) is 19.5 Å². The van der Waals surface area contributed by atoms with Gasteiger partial charge in [-0.3, -0.25) is 9.59 Å². The van der Waals surface area contributed by atoms with Crippen LogP contribution in [0.4, 0.5) is 0 Å². The first-order valence-electron chi connectivity index (χ1n) is 8.32. The number of H-pyrrole nitrogens is 1. The molecule has 1 aromatic heterocycles. The van der Waals surface area contributed by atoms with Crippen LogP contribution in [0, 0.1) is 5.92 Å². The van der Waals surface area contributed by atoms with Crippen molar-refractivity contribution >= 4 is 30.7 Å². The smallest absolute Gasteiger partial charge is 0.251 e. The van der Waals surface area contributed by atoms with E-state index in [1.807, 2.05) is 18.2 Å². The molecule has 3 N–H and O–H groups in total. The number of hydrogen-bond donors (Lipinski definition) is 3. The normalized spacial score (nSPS) is 15.6. The van der Waals surface area contributed by atoms with Gasteiger partial charge in [-0.15, -0.1) is 24.8 Å². The van der Waals surface area contributed by atoms with E-state index in [2.05, 4.69) is 26.7 Å². The number of nitrogens with zero attached hydrogens (tertiary/aromatic N) is 1. The van der Waals surface area contributed by atoms with Gasteiger partial charge >= 0.3 is 0 Å². The fourth-order valence-corrected chi connectivity index (χ4v) is 3.01. The molecule has 1 saturated heterocycles. The van der Waals surface area contributed by atoms with E-state index < -0.39 is 0 Å². The van der Waals surface area contributed by atoms with Gasteiger partial charge < -0.3 is 15.6 Å². The molecule has 1 unspecified atom stereocenters. The van der Waals surface area contributed by atoms with E-state index in [1.54, 1.807) is 0 Å². The maximum absolute atomic E-state index is 12.3. The van der Waals surface area contributed by atoms with E-state index in [-0.39, 0.29) is 36.3 Å². The van der Waals surface area contributed by atoms with Crippen molar-refractivity contribution < 1.29 is 4.79 Å². The summed E-state index contributed by atoms with van der Waals surface area (Å²) in [6, 6.07) is 9.26. The fourth-order valence-electron chi connectivity index (χ4n) is 3.01. The summed E-state index contributed by atoms with van der Waals surface area (Å²) in [4.78, 5) is 30.0. The molecular weight excluding hydrogens is 375 g/mol. The van der Waals surface area contributed by atoms with Gasteiger partial charge in [-0.05, 0) is 49.5 Å². The second-order valence-corrected chi connectivity index (χ2v) is 6.17. The number of rotatable bonds is 6. The van der Waals surface area contributed by atoms with Gasteiger partial charge in [0.1, 0.15) is 0 Å². The lowest BCUT2D eigenvalue weighted by molar-refractivity contribution is 0.0954. The van der Waals surface area contributed by atoms with Gasteiger partial charge in [0.05, 0.1) is 6.33 Å². The highest BCUT2D eigenvalue weighted by Gasteiger charge is 2.15. The van der Waals surface area contributed by atoms with Crippen molar-refractivity contribution in [2.45, 2.75) is 19.3 Å². The van der Waals surface area contributed by atoms with Crippen LogP contribution in [0.25, 0.3) is 0 Å². The molecule has 1 aliphatic heterocycles. The molecular formula is C18H24Cl2N4O2. The molecule has 0 bridgehead atoms. The molecule has 1 atom stereocenters. The Bertz CT molecular complexity index is 761.